The van der Waals surface area contributed by atoms with Gasteiger partial charge in [0.15, 0.2) is 0 Å². The van der Waals surface area contributed by atoms with Crippen molar-refractivity contribution in [1.82, 2.24) is 19.0 Å². The summed E-state index contributed by atoms with van der Waals surface area (Å²) in [6.07, 6.45) is 3.35. The van der Waals surface area contributed by atoms with Crippen molar-refractivity contribution in [3.8, 4) is 28.3 Å². The van der Waals surface area contributed by atoms with E-state index in [0.717, 1.165) is 46.2 Å². The van der Waals surface area contributed by atoms with Crippen molar-refractivity contribution in [2.24, 2.45) is 14.1 Å². The van der Waals surface area contributed by atoms with E-state index in [1.807, 2.05) is 24.3 Å². The number of ether oxygens (including phenoxy) is 1. The maximum Gasteiger partial charge on any atom is 0.330 e. The fraction of sp³-hybridized carbons (Fsp3) is 0.312. The van der Waals surface area contributed by atoms with Gasteiger partial charge in [0.05, 0.1) is 40.7 Å². The van der Waals surface area contributed by atoms with Crippen molar-refractivity contribution in [2.45, 2.75) is 31.4 Å². The number of aryl methyl sites for hydroxylation is 1. The highest BCUT2D eigenvalue weighted by atomic mass is 35.5. The van der Waals surface area contributed by atoms with Crippen molar-refractivity contribution < 1.29 is 14.6 Å². The van der Waals surface area contributed by atoms with Crippen LogP contribution in [0.3, 0.4) is 0 Å². The molecule has 1 aliphatic heterocycles. The zero-order valence-electron chi connectivity index (χ0n) is 24.4. The Balaban J connectivity index is 1.36. The number of halogens is 2. The average Bonchev–Trinajstić information content (AvgIpc) is 3.65. The zero-order chi connectivity index (χ0) is 31.3. The summed E-state index contributed by atoms with van der Waals surface area (Å²) in [6, 6.07) is 12.4. The molecule has 1 fully saturated rings. The smallest absolute Gasteiger partial charge is 0.330 e. The van der Waals surface area contributed by atoms with Crippen LogP contribution in [0, 0.1) is 0 Å². The number of hydrogen-bond acceptors (Lipinski definition) is 7. The number of aliphatic hydroxyl groups is 1. The summed E-state index contributed by atoms with van der Waals surface area (Å²) >= 11 is 13.8. The number of nitrogens with zero attached hydrogens (tertiary/aromatic N) is 4. The van der Waals surface area contributed by atoms with Gasteiger partial charge in [0.25, 0.3) is 11.5 Å². The van der Waals surface area contributed by atoms with Gasteiger partial charge in [0.1, 0.15) is 5.56 Å². The number of amides is 1. The van der Waals surface area contributed by atoms with E-state index < -0.39 is 23.3 Å². The van der Waals surface area contributed by atoms with Crippen LogP contribution in [-0.4, -0.2) is 56.3 Å². The monoisotopic (exact) mass is 635 g/mol. The van der Waals surface area contributed by atoms with E-state index in [1.165, 1.54) is 20.3 Å². The van der Waals surface area contributed by atoms with Gasteiger partial charge in [-0.15, -0.1) is 0 Å². The van der Waals surface area contributed by atoms with Gasteiger partial charge < -0.3 is 19.7 Å². The molecule has 0 bridgehead atoms. The second-order valence-electron chi connectivity index (χ2n) is 11.1. The van der Waals surface area contributed by atoms with Crippen LogP contribution in [0.25, 0.3) is 22.4 Å². The molecule has 44 heavy (non-hydrogen) atoms. The highest BCUT2D eigenvalue weighted by Crippen LogP contribution is 2.46. The molecule has 4 aromatic rings. The maximum absolute atomic E-state index is 13.1. The number of rotatable bonds is 6. The Hall–Kier alpha value is -3.96. The summed E-state index contributed by atoms with van der Waals surface area (Å²) < 4.78 is 7.78. The summed E-state index contributed by atoms with van der Waals surface area (Å²) in [5.74, 6) is -0.233. The van der Waals surface area contributed by atoms with Crippen molar-refractivity contribution in [1.29, 1.82) is 0 Å². The van der Waals surface area contributed by atoms with Crippen molar-refractivity contribution in [3.63, 3.8) is 0 Å². The van der Waals surface area contributed by atoms with Gasteiger partial charge in [0, 0.05) is 49.0 Å². The van der Waals surface area contributed by atoms with E-state index in [9.17, 15) is 19.5 Å². The molecule has 1 aliphatic carbocycles. The van der Waals surface area contributed by atoms with Gasteiger partial charge in [-0.3, -0.25) is 19.1 Å². The van der Waals surface area contributed by atoms with Crippen molar-refractivity contribution in [2.75, 3.05) is 25.5 Å². The van der Waals surface area contributed by atoms with Gasteiger partial charge >= 0.3 is 5.69 Å². The number of pyridine rings is 1. The highest BCUT2D eigenvalue weighted by Gasteiger charge is 2.40. The Bertz CT molecular complexity index is 1910. The molecular formula is C32H31Cl2N5O5. The number of methoxy groups -OCH3 is 1. The number of aromatic nitrogens is 3. The Morgan fingerprint density at radius 3 is 2.39 bits per heavy atom. The molecule has 12 heteroatoms. The summed E-state index contributed by atoms with van der Waals surface area (Å²) in [6.45, 7) is 1.86. The first-order valence-corrected chi connectivity index (χ1v) is 15.0. The molecule has 2 aromatic heterocycles. The molecule has 3 heterocycles. The minimum Gasteiger partial charge on any atom is -0.481 e. The second-order valence-corrected chi connectivity index (χ2v) is 11.9. The summed E-state index contributed by atoms with van der Waals surface area (Å²) in [5, 5.41) is 14.3. The van der Waals surface area contributed by atoms with E-state index in [2.05, 4.69) is 10.2 Å². The molecule has 2 aliphatic rings. The zero-order valence-corrected chi connectivity index (χ0v) is 25.9. The largest absolute Gasteiger partial charge is 0.481 e. The molecule has 1 amide bonds. The molecule has 1 saturated heterocycles. The quantitative estimate of drug-likeness (QED) is 0.322. The third kappa shape index (κ3) is 5.11. The third-order valence-corrected chi connectivity index (χ3v) is 9.24. The van der Waals surface area contributed by atoms with E-state index in [4.69, 9.17) is 32.9 Å². The Labute approximate surface area is 263 Å². The van der Waals surface area contributed by atoms with Crippen LogP contribution in [0.5, 0.6) is 5.88 Å². The van der Waals surface area contributed by atoms with Gasteiger partial charge in [-0.1, -0.05) is 53.5 Å². The molecular weight excluding hydrogens is 605 g/mol. The van der Waals surface area contributed by atoms with Crippen LogP contribution in [0.4, 0.5) is 5.69 Å². The van der Waals surface area contributed by atoms with Crippen LogP contribution >= 0.6 is 23.2 Å². The number of fused-ring (bicyclic) bond motifs is 1. The fourth-order valence-corrected chi connectivity index (χ4v) is 6.86. The normalized spacial score (nSPS) is 18.0. The molecule has 2 unspecified atom stereocenters. The first-order valence-electron chi connectivity index (χ1n) is 14.3. The van der Waals surface area contributed by atoms with E-state index >= 15 is 0 Å². The maximum atomic E-state index is 13.1. The molecule has 2 aromatic carbocycles. The lowest BCUT2D eigenvalue weighted by atomic mass is 9.99. The lowest BCUT2D eigenvalue weighted by Gasteiger charge is -2.27. The summed E-state index contributed by atoms with van der Waals surface area (Å²) in [4.78, 5) is 44.9. The van der Waals surface area contributed by atoms with Crippen molar-refractivity contribution >= 4 is 34.8 Å². The van der Waals surface area contributed by atoms with Gasteiger partial charge in [-0.2, -0.15) is 0 Å². The predicted molar refractivity (Wildman–Crippen MR) is 170 cm³/mol. The highest BCUT2D eigenvalue weighted by molar-refractivity contribution is 6.39. The van der Waals surface area contributed by atoms with Gasteiger partial charge in [0.2, 0.25) is 5.88 Å². The molecule has 6 rings (SSSR count). The lowest BCUT2D eigenvalue weighted by Crippen LogP contribution is -2.40. The van der Waals surface area contributed by atoms with E-state index in [-0.39, 0.29) is 22.3 Å². The number of aliphatic hydroxyl groups excluding tert-OH is 1. The van der Waals surface area contributed by atoms with E-state index in [1.54, 1.807) is 25.3 Å². The Morgan fingerprint density at radius 2 is 1.68 bits per heavy atom. The molecule has 0 radical (unpaired) electrons. The van der Waals surface area contributed by atoms with Crippen LogP contribution < -0.4 is 21.3 Å². The number of benzene rings is 2. The SMILES string of the molecule is COc1nc(-c2cccc(-c3cccc(NC(=O)c4cn(C)c(=O)n(C)c4=O)c3Cl)c2Cl)cc2c1C(N1CCCC1)C(O)C2. The number of carbonyl (C=O) groups is 1. The fourth-order valence-electron chi connectivity index (χ4n) is 6.26. The summed E-state index contributed by atoms with van der Waals surface area (Å²) in [5.41, 5.74) is 3.14. The number of nitrogens with one attached hydrogen (secondary N) is 1. The molecule has 2 atom stereocenters. The molecule has 0 spiro atoms. The second kappa shape index (κ2) is 11.9. The molecule has 2 N–H and O–H groups in total. The third-order valence-electron chi connectivity index (χ3n) is 8.43. The molecule has 228 valence electrons. The topological polar surface area (TPSA) is 119 Å². The number of likely N-dealkylation sites (tertiary alicyclic amines) is 1. The number of hydrogen-bond donors (Lipinski definition) is 2. The molecule has 10 nitrogen and oxygen atoms in total. The van der Waals surface area contributed by atoms with Crippen LogP contribution in [0.15, 0.2) is 58.3 Å². The van der Waals surface area contributed by atoms with Gasteiger partial charge in [-0.05, 0) is 43.6 Å². The Morgan fingerprint density at radius 1 is 1.02 bits per heavy atom. The average molecular weight is 637 g/mol. The van der Waals surface area contributed by atoms with Crippen molar-refractivity contribution in [3.05, 3.63) is 96.2 Å². The first-order chi connectivity index (χ1) is 21.1. The number of anilines is 1. The van der Waals surface area contributed by atoms with E-state index in [0.29, 0.717) is 39.7 Å². The van der Waals surface area contributed by atoms with Crippen LogP contribution in [0.1, 0.15) is 40.4 Å². The molecule has 0 saturated carbocycles. The van der Waals surface area contributed by atoms with Crippen LogP contribution in [0.2, 0.25) is 10.0 Å². The standard InChI is InChI=1S/C32H31Cl2N5O5/c1-37-16-21(31(42)38(2)32(37)43)29(41)35-22-11-7-9-19(27(22)34)18-8-6-10-20(26(18)33)23-14-17-15-24(40)28(39-12-4-5-13-39)25(17)30(36-23)44-3/h6-11,14,16,24,28,40H,4-5,12-13,15H2,1-3H3,(H,35,41). The number of carbonyl (C=O) groups excluding carboxylic acids is 1. The predicted octanol–water partition coefficient (Wildman–Crippen LogP) is 4.43. The van der Waals surface area contributed by atoms with Crippen LogP contribution in [-0.2, 0) is 20.5 Å². The minimum absolute atomic E-state index is 0.150. The van der Waals surface area contributed by atoms with Gasteiger partial charge in [-0.25, -0.2) is 9.78 Å². The minimum atomic E-state index is -0.717. The Kier molecular flexibility index (Phi) is 8.10. The first kappa shape index (κ1) is 30.1. The lowest BCUT2D eigenvalue weighted by molar-refractivity contribution is 0.0739. The summed E-state index contributed by atoms with van der Waals surface area (Å²) in [7, 11) is 4.35.